The van der Waals surface area contributed by atoms with Crippen molar-refractivity contribution in [2.75, 3.05) is 12.9 Å². The number of carbonyl (C=O) groups is 1. The molecule has 1 aromatic carbocycles. The lowest BCUT2D eigenvalue weighted by Gasteiger charge is -2.02. The maximum absolute atomic E-state index is 11.3. The topological polar surface area (TPSA) is 26.3 Å². The average molecular weight is 224 g/mol. The molecule has 0 aliphatic carbocycles. The molecule has 1 aromatic rings. The first-order chi connectivity index (χ1) is 7.26. The van der Waals surface area contributed by atoms with Crippen molar-refractivity contribution in [3.05, 3.63) is 29.8 Å². The van der Waals surface area contributed by atoms with E-state index in [0.29, 0.717) is 6.42 Å². The molecule has 0 amide bonds. The lowest BCUT2D eigenvalue weighted by Crippen LogP contribution is -1.95. The minimum atomic E-state index is 0.272. The highest BCUT2D eigenvalue weighted by Crippen LogP contribution is 2.14. The first-order valence-electron chi connectivity index (χ1n) is 5.04. The molecule has 0 spiro atoms. The van der Waals surface area contributed by atoms with Gasteiger partial charge in [0.25, 0.3) is 0 Å². The third-order valence-corrected chi connectivity index (χ3v) is 2.90. The molecule has 1 rings (SSSR count). The zero-order valence-electron chi connectivity index (χ0n) is 9.16. The Labute approximate surface area is 95.0 Å². The Morgan fingerprint density at radius 1 is 1.33 bits per heavy atom. The van der Waals surface area contributed by atoms with E-state index in [4.69, 9.17) is 4.74 Å². The summed E-state index contributed by atoms with van der Waals surface area (Å²) >= 11 is 1.39. The van der Waals surface area contributed by atoms with Gasteiger partial charge in [-0.1, -0.05) is 30.8 Å². The average Bonchev–Trinajstić information content (AvgIpc) is 2.27. The van der Waals surface area contributed by atoms with Gasteiger partial charge in [-0.2, -0.15) is 0 Å². The van der Waals surface area contributed by atoms with Gasteiger partial charge in [-0.25, -0.2) is 0 Å². The number of rotatable bonds is 5. The predicted octanol–water partition coefficient (Wildman–Crippen LogP) is 2.91. The van der Waals surface area contributed by atoms with Crippen LogP contribution in [0.4, 0.5) is 0 Å². The van der Waals surface area contributed by atoms with Crippen LogP contribution in [-0.2, 0) is 11.2 Å². The Balaban J connectivity index is 2.40. The highest BCUT2D eigenvalue weighted by Gasteiger charge is 2.01. The summed E-state index contributed by atoms with van der Waals surface area (Å²) in [6, 6.07) is 7.85. The molecule has 0 radical (unpaired) electrons. The van der Waals surface area contributed by atoms with E-state index in [1.165, 1.54) is 17.3 Å². The summed E-state index contributed by atoms with van der Waals surface area (Å²) in [4.78, 5) is 11.3. The molecule has 0 N–H and O–H groups in total. The Morgan fingerprint density at radius 2 is 2.00 bits per heavy atom. The summed E-state index contributed by atoms with van der Waals surface area (Å²) < 4.78 is 5.06. The Hall–Kier alpha value is -0.960. The van der Waals surface area contributed by atoms with Crippen LogP contribution in [0.2, 0.25) is 0 Å². The second kappa shape index (κ2) is 6.51. The maximum atomic E-state index is 11.3. The number of benzene rings is 1. The summed E-state index contributed by atoms with van der Waals surface area (Å²) in [5, 5.41) is 0.272. The molecule has 0 fully saturated rings. The number of thioether (sulfide) groups is 1. The van der Waals surface area contributed by atoms with Crippen molar-refractivity contribution in [3.8, 4) is 5.75 Å². The van der Waals surface area contributed by atoms with Crippen LogP contribution in [0.15, 0.2) is 24.3 Å². The predicted molar refractivity (Wildman–Crippen MR) is 64.5 cm³/mol. The fourth-order valence-corrected chi connectivity index (χ4v) is 1.84. The molecule has 0 saturated heterocycles. The largest absolute Gasteiger partial charge is 0.497 e. The van der Waals surface area contributed by atoms with E-state index in [9.17, 15) is 4.79 Å². The number of hydrogen-bond acceptors (Lipinski definition) is 3. The van der Waals surface area contributed by atoms with Gasteiger partial charge < -0.3 is 4.74 Å². The first kappa shape index (κ1) is 12.1. The quantitative estimate of drug-likeness (QED) is 0.769. The molecule has 0 saturated carbocycles. The molecule has 3 heteroatoms. The molecule has 0 unspecified atom stereocenters. The van der Waals surface area contributed by atoms with Gasteiger partial charge in [0, 0.05) is 6.42 Å². The van der Waals surface area contributed by atoms with Crippen molar-refractivity contribution in [2.45, 2.75) is 19.8 Å². The number of hydrogen-bond donors (Lipinski definition) is 0. The fraction of sp³-hybridized carbons (Fsp3) is 0.417. The van der Waals surface area contributed by atoms with Crippen LogP contribution in [0.1, 0.15) is 18.9 Å². The molecule has 0 aliphatic rings. The monoisotopic (exact) mass is 224 g/mol. The molecule has 0 atom stereocenters. The molecular weight excluding hydrogens is 208 g/mol. The number of ether oxygens (including phenoxy) is 1. The van der Waals surface area contributed by atoms with Crippen LogP contribution in [0.5, 0.6) is 5.75 Å². The Kier molecular flexibility index (Phi) is 5.26. The summed E-state index contributed by atoms with van der Waals surface area (Å²) in [6.07, 6.45) is 1.43. The normalized spacial score (nSPS) is 10.0. The van der Waals surface area contributed by atoms with E-state index in [-0.39, 0.29) is 5.12 Å². The second-order valence-electron chi connectivity index (χ2n) is 3.15. The van der Waals surface area contributed by atoms with Crippen molar-refractivity contribution in [3.63, 3.8) is 0 Å². The molecule has 0 aromatic heterocycles. The van der Waals surface area contributed by atoms with Crippen molar-refractivity contribution in [1.29, 1.82) is 0 Å². The molecule has 0 bridgehead atoms. The van der Waals surface area contributed by atoms with Gasteiger partial charge in [-0.15, -0.1) is 0 Å². The van der Waals surface area contributed by atoms with Crippen LogP contribution >= 0.6 is 11.8 Å². The third-order valence-electron chi connectivity index (χ3n) is 2.08. The van der Waals surface area contributed by atoms with E-state index < -0.39 is 0 Å². The SMILES string of the molecule is CCSC(=O)CCc1ccc(OC)cc1. The van der Waals surface area contributed by atoms with Gasteiger partial charge >= 0.3 is 0 Å². The fourth-order valence-electron chi connectivity index (χ4n) is 1.27. The van der Waals surface area contributed by atoms with E-state index in [1.54, 1.807) is 7.11 Å². The van der Waals surface area contributed by atoms with Crippen molar-refractivity contribution in [1.82, 2.24) is 0 Å². The molecule has 15 heavy (non-hydrogen) atoms. The van der Waals surface area contributed by atoms with Crippen molar-refractivity contribution in [2.24, 2.45) is 0 Å². The van der Waals surface area contributed by atoms with Gasteiger partial charge in [-0.3, -0.25) is 4.79 Å². The zero-order valence-corrected chi connectivity index (χ0v) is 9.97. The highest BCUT2D eigenvalue weighted by molar-refractivity contribution is 8.13. The van der Waals surface area contributed by atoms with Crippen LogP contribution in [-0.4, -0.2) is 18.0 Å². The van der Waals surface area contributed by atoms with E-state index in [2.05, 4.69) is 0 Å². The van der Waals surface area contributed by atoms with Crippen LogP contribution < -0.4 is 4.74 Å². The minimum Gasteiger partial charge on any atom is -0.497 e. The lowest BCUT2D eigenvalue weighted by molar-refractivity contribution is -0.110. The smallest absolute Gasteiger partial charge is 0.189 e. The number of carbonyl (C=O) groups excluding carboxylic acids is 1. The third kappa shape index (κ3) is 4.38. The molecule has 0 heterocycles. The van der Waals surface area contributed by atoms with Gasteiger partial charge in [0.15, 0.2) is 5.12 Å². The van der Waals surface area contributed by atoms with Gasteiger partial charge in [0.2, 0.25) is 0 Å². The second-order valence-corrected chi connectivity index (χ2v) is 4.47. The number of aryl methyl sites for hydroxylation is 1. The van der Waals surface area contributed by atoms with Gasteiger partial charge in [0.05, 0.1) is 7.11 Å². The first-order valence-corrected chi connectivity index (χ1v) is 6.03. The zero-order chi connectivity index (χ0) is 11.1. The summed E-state index contributed by atoms with van der Waals surface area (Å²) in [6.45, 7) is 2.00. The Bertz CT molecular complexity index is 306. The number of methoxy groups -OCH3 is 1. The van der Waals surface area contributed by atoms with Crippen LogP contribution in [0.25, 0.3) is 0 Å². The molecule has 0 aliphatic heterocycles. The highest BCUT2D eigenvalue weighted by atomic mass is 32.2. The minimum absolute atomic E-state index is 0.272. The van der Waals surface area contributed by atoms with Gasteiger partial charge in [-0.05, 0) is 29.9 Å². The van der Waals surface area contributed by atoms with Crippen LogP contribution in [0, 0.1) is 0 Å². The van der Waals surface area contributed by atoms with Crippen LogP contribution in [0.3, 0.4) is 0 Å². The Morgan fingerprint density at radius 3 is 2.53 bits per heavy atom. The molecule has 82 valence electrons. The summed E-state index contributed by atoms with van der Waals surface area (Å²) in [5.74, 6) is 1.72. The van der Waals surface area contributed by atoms with Crippen molar-refractivity contribution >= 4 is 16.9 Å². The van der Waals surface area contributed by atoms with Gasteiger partial charge in [0.1, 0.15) is 5.75 Å². The lowest BCUT2D eigenvalue weighted by atomic mass is 10.1. The molecule has 2 nitrogen and oxygen atoms in total. The summed E-state index contributed by atoms with van der Waals surface area (Å²) in [5.41, 5.74) is 1.18. The van der Waals surface area contributed by atoms with E-state index in [0.717, 1.165) is 17.9 Å². The van der Waals surface area contributed by atoms with Crippen molar-refractivity contribution < 1.29 is 9.53 Å². The maximum Gasteiger partial charge on any atom is 0.189 e. The standard InChI is InChI=1S/C12H16O2S/c1-3-15-12(13)9-6-10-4-7-11(14-2)8-5-10/h4-5,7-8H,3,6,9H2,1-2H3. The molecular formula is C12H16O2S. The summed E-state index contributed by atoms with van der Waals surface area (Å²) in [7, 11) is 1.65. The van der Waals surface area contributed by atoms with E-state index in [1.807, 2.05) is 31.2 Å². The van der Waals surface area contributed by atoms with E-state index >= 15 is 0 Å².